The molecule has 0 radical (unpaired) electrons. The molecule has 7 heteroatoms. The molecular weight excluding hydrogens is 482 g/mol. The van der Waals surface area contributed by atoms with E-state index in [0.717, 1.165) is 22.7 Å². The molecule has 0 aliphatic carbocycles. The van der Waals surface area contributed by atoms with Gasteiger partial charge in [0, 0.05) is 27.8 Å². The van der Waals surface area contributed by atoms with Crippen molar-refractivity contribution < 1.29 is 19.3 Å². The van der Waals surface area contributed by atoms with Crippen LogP contribution in [-0.2, 0) is 0 Å². The van der Waals surface area contributed by atoms with Gasteiger partial charge in [-0.2, -0.15) is 0 Å². The fourth-order valence-corrected chi connectivity index (χ4v) is 5.40. The van der Waals surface area contributed by atoms with Gasteiger partial charge in [0.25, 0.3) is 0 Å². The van der Waals surface area contributed by atoms with E-state index in [9.17, 15) is 5.11 Å². The predicted molar refractivity (Wildman–Crippen MR) is 145 cm³/mol. The summed E-state index contributed by atoms with van der Waals surface area (Å²) in [5.74, 6) is 2.46. The van der Waals surface area contributed by atoms with Gasteiger partial charge in [0.1, 0.15) is 23.9 Å². The lowest BCUT2D eigenvalue weighted by molar-refractivity contribution is 0.183. The molecule has 1 aliphatic heterocycles. The quantitative estimate of drug-likeness (QED) is 0.268. The monoisotopic (exact) mass is 511 g/mol. The van der Waals surface area contributed by atoms with Crippen LogP contribution in [0.15, 0.2) is 66.7 Å². The van der Waals surface area contributed by atoms with Gasteiger partial charge >= 0.3 is 0 Å². The Balaban J connectivity index is 0.00000289. The SMILES string of the molecule is COc1cc(O)c(Oc2ccc(OCCN3CCCCC3)cc2)cc1-c1cc2ccccc2s1.Cl. The lowest BCUT2D eigenvalue weighted by Crippen LogP contribution is -2.33. The van der Waals surface area contributed by atoms with Gasteiger partial charge in [-0.1, -0.05) is 24.6 Å². The number of piperidine rings is 1. The van der Waals surface area contributed by atoms with Crippen LogP contribution in [0.2, 0.25) is 0 Å². The van der Waals surface area contributed by atoms with Crippen LogP contribution >= 0.6 is 23.7 Å². The van der Waals surface area contributed by atoms with E-state index in [2.05, 4.69) is 23.1 Å². The zero-order chi connectivity index (χ0) is 23.3. The van der Waals surface area contributed by atoms with E-state index in [1.807, 2.05) is 42.5 Å². The maximum absolute atomic E-state index is 10.6. The van der Waals surface area contributed by atoms with Crippen LogP contribution in [0.4, 0.5) is 0 Å². The Morgan fingerprint density at radius 1 is 0.886 bits per heavy atom. The van der Waals surface area contributed by atoms with Crippen LogP contribution in [0.3, 0.4) is 0 Å². The fraction of sp³-hybridized carbons (Fsp3) is 0.286. The number of halogens is 1. The van der Waals surface area contributed by atoms with E-state index in [4.69, 9.17) is 14.2 Å². The van der Waals surface area contributed by atoms with E-state index in [1.54, 1.807) is 24.5 Å². The second-order valence-corrected chi connectivity index (χ2v) is 9.58. The molecule has 1 fully saturated rings. The van der Waals surface area contributed by atoms with Crippen LogP contribution < -0.4 is 14.2 Å². The highest BCUT2D eigenvalue weighted by atomic mass is 35.5. The Labute approximate surface area is 216 Å². The molecular formula is C28H30ClNO4S. The molecule has 2 heterocycles. The second-order valence-electron chi connectivity index (χ2n) is 8.49. The third-order valence-electron chi connectivity index (χ3n) is 6.15. The van der Waals surface area contributed by atoms with Crippen LogP contribution in [-0.4, -0.2) is 43.4 Å². The molecule has 5 rings (SSSR count). The molecule has 1 aliphatic rings. The van der Waals surface area contributed by atoms with Gasteiger partial charge in [-0.25, -0.2) is 0 Å². The first-order valence-electron chi connectivity index (χ1n) is 11.7. The molecule has 0 bridgehead atoms. The fourth-order valence-electron chi connectivity index (χ4n) is 4.31. The van der Waals surface area contributed by atoms with E-state index in [1.165, 1.54) is 42.4 Å². The van der Waals surface area contributed by atoms with E-state index < -0.39 is 0 Å². The minimum Gasteiger partial charge on any atom is -0.504 e. The Morgan fingerprint density at radius 3 is 2.37 bits per heavy atom. The molecule has 35 heavy (non-hydrogen) atoms. The van der Waals surface area contributed by atoms with E-state index >= 15 is 0 Å². The Morgan fingerprint density at radius 2 is 1.63 bits per heavy atom. The molecule has 0 amide bonds. The molecule has 1 aromatic heterocycles. The van der Waals surface area contributed by atoms with Crippen molar-refractivity contribution in [1.82, 2.24) is 4.90 Å². The lowest BCUT2D eigenvalue weighted by atomic mass is 10.1. The van der Waals surface area contributed by atoms with Crippen molar-refractivity contribution in [2.75, 3.05) is 33.4 Å². The molecule has 1 N–H and O–H groups in total. The Hall–Kier alpha value is -2.93. The highest BCUT2D eigenvalue weighted by Gasteiger charge is 2.16. The minimum absolute atomic E-state index is 0. The van der Waals surface area contributed by atoms with Gasteiger partial charge in [-0.3, -0.25) is 4.90 Å². The number of fused-ring (bicyclic) bond motifs is 1. The molecule has 4 aromatic rings. The van der Waals surface area contributed by atoms with Gasteiger partial charge < -0.3 is 19.3 Å². The van der Waals surface area contributed by atoms with Crippen LogP contribution in [0.1, 0.15) is 19.3 Å². The number of hydrogen-bond donors (Lipinski definition) is 1. The predicted octanol–water partition coefficient (Wildman–Crippen LogP) is 7.36. The standard InChI is InChI=1S/C28H29NO4S.ClH/c1-31-25-19-24(30)26(18-23(25)28-17-20-7-3-4-8-27(20)34-28)33-22-11-9-21(10-12-22)32-16-15-29-13-5-2-6-14-29;/h3-4,7-12,17-19,30H,2,5-6,13-16H2,1H3;1H. The Kier molecular flexibility index (Phi) is 8.39. The topological polar surface area (TPSA) is 51.2 Å². The Bertz CT molecular complexity index is 1220. The van der Waals surface area contributed by atoms with E-state index in [0.29, 0.717) is 23.9 Å². The average Bonchev–Trinajstić information content (AvgIpc) is 3.31. The summed E-state index contributed by atoms with van der Waals surface area (Å²) >= 11 is 1.68. The number of thiophene rings is 1. The third kappa shape index (κ3) is 6.01. The molecule has 0 saturated carbocycles. The molecule has 0 unspecified atom stereocenters. The number of phenols is 1. The number of ether oxygens (including phenoxy) is 3. The average molecular weight is 512 g/mol. The molecule has 3 aromatic carbocycles. The zero-order valence-corrected chi connectivity index (χ0v) is 21.4. The third-order valence-corrected chi connectivity index (χ3v) is 7.30. The first-order chi connectivity index (χ1) is 16.7. The van der Waals surface area contributed by atoms with Gasteiger partial charge in [0.2, 0.25) is 0 Å². The summed E-state index contributed by atoms with van der Waals surface area (Å²) in [5, 5.41) is 11.7. The molecule has 5 nitrogen and oxygen atoms in total. The summed E-state index contributed by atoms with van der Waals surface area (Å²) < 4.78 is 18.7. The second kappa shape index (κ2) is 11.7. The molecule has 0 atom stereocenters. The van der Waals surface area contributed by atoms with E-state index in [-0.39, 0.29) is 18.2 Å². The van der Waals surface area contributed by atoms with Gasteiger partial charge in [0.05, 0.1) is 7.11 Å². The summed E-state index contributed by atoms with van der Waals surface area (Å²) in [5.41, 5.74) is 0.883. The lowest BCUT2D eigenvalue weighted by Gasteiger charge is -2.26. The van der Waals surface area contributed by atoms with Crippen LogP contribution in [0, 0.1) is 0 Å². The molecule has 0 spiro atoms. The highest BCUT2D eigenvalue weighted by molar-refractivity contribution is 7.22. The number of rotatable bonds is 8. The summed E-state index contributed by atoms with van der Waals surface area (Å²) in [6, 6.07) is 21.4. The van der Waals surface area contributed by atoms with Crippen LogP contribution in [0.25, 0.3) is 20.5 Å². The van der Waals surface area contributed by atoms with Gasteiger partial charge in [-0.15, -0.1) is 23.7 Å². The minimum atomic E-state index is 0. The number of hydrogen-bond acceptors (Lipinski definition) is 6. The van der Waals surface area contributed by atoms with Crippen molar-refractivity contribution >= 4 is 33.8 Å². The number of likely N-dealkylation sites (tertiary alicyclic amines) is 1. The summed E-state index contributed by atoms with van der Waals surface area (Å²) in [6.45, 7) is 3.98. The number of methoxy groups -OCH3 is 1. The maximum Gasteiger partial charge on any atom is 0.169 e. The van der Waals surface area contributed by atoms with Crippen molar-refractivity contribution in [3.63, 3.8) is 0 Å². The first kappa shape index (κ1) is 25.2. The summed E-state index contributed by atoms with van der Waals surface area (Å²) in [6.07, 6.45) is 3.91. The van der Waals surface area contributed by atoms with Crippen molar-refractivity contribution in [3.8, 4) is 39.2 Å². The summed E-state index contributed by atoms with van der Waals surface area (Å²) in [7, 11) is 1.61. The van der Waals surface area contributed by atoms with Crippen molar-refractivity contribution in [2.24, 2.45) is 0 Å². The van der Waals surface area contributed by atoms with Crippen LogP contribution in [0.5, 0.6) is 28.7 Å². The van der Waals surface area contributed by atoms with Crippen molar-refractivity contribution in [1.29, 1.82) is 0 Å². The first-order valence-corrected chi connectivity index (χ1v) is 12.5. The zero-order valence-electron chi connectivity index (χ0n) is 19.7. The molecule has 1 saturated heterocycles. The smallest absolute Gasteiger partial charge is 0.169 e. The highest BCUT2D eigenvalue weighted by Crippen LogP contribution is 2.44. The number of phenolic OH excluding ortho intramolecular Hbond substituents is 1. The van der Waals surface area contributed by atoms with Gasteiger partial charge in [-0.05, 0) is 73.8 Å². The molecule has 184 valence electrons. The largest absolute Gasteiger partial charge is 0.504 e. The van der Waals surface area contributed by atoms with Gasteiger partial charge in [0.15, 0.2) is 11.5 Å². The summed E-state index contributed by atoms with van der Waals surface area (Å²) in [4.78, 5) is 3.52. The number of aromatic hydroxyl groups is 1. The van der Waals surface area contributed by atoms with Crippen molar-refractivity contribution in [2.45, 2.75) is 19.3 Å². The number of benzene rings is 3. The van der Waals surface area contributed by atoms with Crippen molar-refractivity contribution in [3.05, 3.63) is 66.7 Å². The normalized spacial score (nSPS) is 13.9. The number of nitrogens with zero attached hydrogens (tertiary/aromatic N) is 1. The maximum atomic E-state index is 10.6.